The van der Waals surface area contributed by atoms with Gasteiger partial charge >= 0.3 is 12.3 Å². The average Bonchev–Trinajstić information content (AvgIpc) is 3.55. The fraction of sp³-hybridized carbons (Fsp3) is 0.250. The standard InChI is InChI=1S/C28H22F4N2O4S/c1-37-26(36)20-8-4-7-19(20)25(35)18-6-3-2-5-17(18)15-9-11-22(21(29)13-15)33-27-34-23-12-10-16(14-24(23)39-27)38-28(30,31)32/h2-3,5-6,9-14,19-20H,4,7-8H2,1H3,(H,33,34)/t19-,20-/m1/s1. The topological polar surface area (TPSA) is 77.5 Å². The second kappa shape index (κ2) is 10.6. The minimum Gasteiger partial charge on any atom is -0.469 e. The molecule has 0 aliphatic heterocycles. The van der Waals surface area contributed by atoms with E-state index in [4.69, 9.17) is 4.74 Å². The van der Waals surface area contributed by atoms with E-state index in [1.165, 1.54) is 31.4 Å². The number of carbonyl (C=O) groups is 2. The number of thiazole rings is 1. The summed E-state index contributed by atoms with van der Waals surface area (Å²) < 4.78 is 62.0. The number of anilines is 2. The second-order valence-electron chi connectivity index (χ2n) is 9.09. The van der Waals surface area contributed by atoms with Gasteiger partial charge in [-0.1, -0.05) is 48.1 Å². The molecule has 1 N–H and O–H groups in total. The summed E-state index contributed by atoms with van der Waals surface area (Å²) in [6, 6.07) is 15.1. The van der Waals surface area contributed by atoms with E-state index in [-0.39, 0.29) is 22.4 Å². The number of Topliss-reactive ketones (excluding diaryl/α,β-unsaturated/α-hetero) is 1. The lowest BCUT2D eigenvalue weighted by Gasteiger charge is -2.18. The summed E-state index contributed by atoms with van der Waals surface area (Å²) in [7, 11) is 1.31. The Kier molecular flexibility index (Phi) is 7.26. The van der Waals surface area contributed by atoms with Crippen molar-refractivity contribution in [3.05, 3.63) is 72.0 Å². The van der Waals surface area contributed by atoms with E-state index in [0.29, 0.717) is 39.7 Å². The number of methoxy groups -OCH3 is 1. The lowest BCUT2D eigenvalue weighted by molar-refractivity contribution is -0.274. The molecule has 1 aliphatic carbocycles. The Hall–Kier alpha value is -3.99. The minimum absolute atomic E-state index is 0.106. The third-order valence-corrected chi connectivity index (χ3v) is 7.60. The van der Waals surface area contributed by atoms with Crippen molar-refractivity contribution in [2.75, 3.05) is 12.4 Å². The van der Waals surface area contributed by atoms with E-state index < -0.39 is 30.0 Å². The minimum atomic E-state index is -4.81. The first kappa shape index (κ1) is 26.6. The summed E-state index contributed by atoms with van der Waals surface area (Å²) in [4.78, 5) is 29.9. The van der Waals surface area contributed by atoms with Crippen LogP contribution in [0.15, 0.2) is 60.7 Å². The zero-order chi connectivity index (χ0) is 27.7. The smallest absolute Gasteiger partial charge is 0.469 e. The van der Waals surface area contributed by atoms with Gasteiger partial charge in [0.25, 0.3) is 0 Å². The van der Waals surface area contributed by atoms with Gasteiger partial charge in [0.1, 0.15) is 11.6 Å². The molecule has 0 radical (unpaired) electrons. The Bertz CT molecular complexity index is 1550. The quantitative estimate of drug-likeness (QED) is 0.144. The van der Waals surface area contributed by atoms with E-state index in [2.05, 4.69) is 15.0 Å². The Morgan fingerprint density at radius 3 is 2.54 bits per heavy atom. The predicted molar refractivity (Wildman–Crippen MR) is 139 cm³/mol. The van der Waals surface area contributed by atoms with Crippen molar-refractivity contribution >= 4 is 44.1 Å². The third kappa shape index (κ3) is 5.73. The summed E-state index contributed by atoms with van der Waals surface area (Å²) in [6.45, 7) is 0. The van der Waals surface area contributed by atoms with E-state index in [1.807, 2.05) is 0 Å². The van der Waals surface area contributed by atoms with Crippen LogP contribution in [0.4, 0.5) is 28.4 Å². The Morgan fingerprint density at radius 2 is 1.79 bits per heavy atom. The molecule has 39 heavy (non-hydrogen) atoms. The Labute approximate surface area is 224 Å². The second-order valence-corrected chi connectivity index (χ2v) is 10.1. The molecule has 1 aliphatic rings. The van der Waals surface area contributed by atoms with Gasteiger partial charge in [-0.15, -0.1) is 13.2 Å². The monoisotopic (exact) mass is 558 g/mol. The maximum absolute atomic E-state index is 15.2. The highest BCUT2D eigenvalue weighted by Gasteiger charge is 2.39. The number of aromatic nitrogens is 1. The maximum Gasteiger partial charge on any atom is 0.573 e. The molecule has 1 fully saturated rings. The van der Waals surface area contributed by atoms with E-state index in [0.717, 1.165) is 23.8 Å². The Balaban J connectivity index is 1.38. The van der Waals surface area contributed by atoms with Crippen LogP contribution in [0.3, 0.4) is 0 Å². The summed E-state index contributed by atoms with van der Waals surface area (Å²) in [5, 5.41) is 3.15. The fourth-order valence-electron chi connectivity index (χ4n) is 4.91. The summed E-state index contributed by atoms with van der Waals surface area (Å²) in [6.07, 6.45) is -2.90. The van der Waals surface area contributed by atoms with E-state index in [1.54, 1.807) is 30.3 Å². The number of nitrogens with one attached hydrogen (secondary N) is 1. The first-order chi connectivity index (χ1) is 18.6. The van der Waals surface area contributed by atoms with Gasteiger partial charge < -0.3 is 14.8 Å². The molecular weight excluding hydrogens is 536 g/mol. The molecule has 2 atom stereocenters. The molecule has 4 aromatic rings. The van der Waals surface area contributed by atoms with Gasteiger partial charge in [0, 0.05) is 17.5 Å². The molecular formula is C28H22F4N2O4S. The SMILES string of the molecule is COC(=O)[C@@H]1CCC[C@H]1C(=O)c1ccccc1-c1ccc(Nc2nc3ccc(OC(F)(F)F)cc3s2)c(F)c1. The zero-order valence-corrected chi connectivity index (χ0v) is 21.4. The maximum atomic E-state index is 15.2. The highest BCUT2D eigenvalue weighted by molar-refractivity contribution is 7.22. The number of halogens is 4. The van der Waals surface area contributed by atoms with Gasteiger partial charge in [-0.3, -0.25) is 9.59 Å². The van der Waals surface area contributed by atoms with Crippen LogP contribution in [-0.2, 0) is 9.53 Å². The lowest BCUT2D eigenvalue weighted by Crippen LogP contribution is -2.27. The molecule has 3 aromatic carbocycles. The molecule has 202 valence electrons. The van der Waals surface area contributed by atoms with Crippen molar-refractivity contribution in [3.63, 3.8) is 0 Å². The number of hydrogen-bond acceptors (Lipinski definition) is 7. The van der Waals surface area contributed by atoms with Gasteiger partial charge in [0.15, 0.2) is 10.9 Å². The number of ketones is 1. The van der Waals surface area contributed by atoms with Crippen LogP contribution in [0, 0.1) is 17.7 Å². The van der Waals surface area contributed by atoms with Crippen molar-refractivity contribution in [1.82, 2.24) is 4.98 Å². The normalized spacial score (nSPS) is 17.3. The highest BCUT2D eigenvalue weighted by atomic mass is 32.1. The molecule has 0 saturated heterocycles. The molecule has 1 heterocycles. The van der Waals surface area contributed by atoms with E-state index in [9.17, 15) is 22.8 Å². The number of alkyl halides is 3. The molecule has 11 heteroatoms. The van der Waals surface area contributed by atoms with Gasteiger partial charge in [0.2, 0.25) is 0 Å². The van der Waals surface area contributed by atoms with E-state index >= 15 is 4.39 Å². The van der Waals surface area contributed by atoms with Crippen LogP contribution in [0.1, 0.15) is 29.6 Å². The zero-order valence-electron chi connectivity index (χ0n) is 20.5. The fourth-order valence-corrected chi connectivity index (χ4v) is 5.82. The first-order valence-electron chi connectivity index (χ1n) is 12.1. The average molecular weight is 559 g/mol. The number of hydrogen-bond donors (Lipinski definition) is 1. The number of ether oxygens (including phenoxy) is 2. The van der Waals surface area contributed by atoms with Gasteiger partial charge in [-0.05, 0) is 48.2 Å². The van der Waals surface area contributed by atoms with Crippen LogP contribution in [-0.4, -0.2) is 30.2 Å². The highest BCUT2D eigenvalue weighted by Crippen LogP contribution is 2.38. The molecule has 0 amide bonds. The molecule has 0 bridgehead atoms. The number of esters is 1. The number of fused-ring (bicyclic) bond motifs is 1. The van der Waals surface area contributed by atoms with Crippen LogP contribution in [0.5, 0.6) is 5.75 Å². The van der Waals surface area contributed by atoms with Crippen molar-refractivity contribution in [1.29, 1.82) is 0 Å². The first-order valence-corrected chi connectivity index (χ1v) is 12.9. The molecule has 0 spiro atoms. The Morgan fingerprint density at radius 1 is 1.03 bits per heavy atom. The van der Waals surface area contributed by atoms with Crippen LogP contribution in [0.25, 0.3) is 21.3 Å². The van der Waals surface area contributed by atoms with Crippen LogP contribution < -0.4 is 10.1 Å². The lowest BCUT2D eigenvalue weighted by atomic mass is 9.85. The van der Waals surface area contributed by atoms with Crippen molar-refractivity contribution < 1.29 is 36.6 Å². The summed E-state index contributed by atoms with van der Waals surface area (Å²) in [5.41, 5.74) is 1.96. The van der Waals surface area contributed by atoms with Crippen molar-refractivity contribution in [2.45, 2.75) is 25.6 Å². The van der Waals surface area contributed by atoms with Crippen LogP contribution in [0.2, 0.25) is 0 Å². The molecule has 5 rings (SSSR count). The van der Waals surface area contributed by atoms with Crippen molar-refractivity contribution in [2.24, 2.45) is 11.8 Å². The molecule has 6 nitrogen and oxygen atoms in total. The number of nitrogens with zero attached hydrogens (tertiary/aromatic N) is 1. The third-order valence-electron chi connectivity index (χ3n) is 6.66. The van der Waals surface area contributed by atoms with Gasteiger partial charge in [-0.25, -0.2) is 9.37 Å². The number of rotatable bonds is 7. The van der Waals surface area contributed by atoms with Gasteiger partial charge in [0.05, 0.1) is 28.9 Å². The van der Waals surface area contributed by atoms with Gasteiger partial charge in [-0.2, -0.15) is 0 Å². The largest absolute Gasteiger partial charge is 0.573 e. The van der Waals surface area contributed by atoms with Crippen LogP contribution >= 0.6 is 11.3 Å². The number of benzene rings is 3. The number of carbonyl (C=O) groups excluding carboxylic acids is 2. The molecule has 1 saturated carbocycles. The molecule has 1 aromatic heterocycles. The van der Waals surface area contributed by atoms with Crippen molar-refractivity contribution in [3.8, 4) is 16.9 Å². The molecule has 0 unspecified atom stereocenters. The predicted octanol–water partition coefficient (Wildman–Crippen LogP) is 7.52. The summed E-state index contributed by atoms with van der Waals surface area (Å²) >= 11 is 1.05. The summed E-state index contributed by atoms with van der Waals surface area (Å²) in [5.74, 6) is -2.55.